The molecule has 2 amide bonds. The van der Waals surface area contributed by atoms with Gasteiger partial charge in [-0.3, -0.25) is 0 Å². The monoisotopic (exact) mass is 303 g/mol. The molecule has 0 aliphatic carbocycles. The van der Waals surface area contributed by atoms with Crippen LogP contribution < -0.4 is 5.32 Å². The summed E-state index contributed by atoms with van der Waals surface area (Å²) in [6, 6.07) is 8.31. The van der Waals surface area contributed by atoms with Gasteiger partial charge in [-0.15, -0.1) is 0 Å². The third kappa shape index (κ3) is 5.44. The van der Waals surface area contributed by atoms with E-state index >= 15 is 0 Å². The second-order valence-corrected chi connectivity index (χ2v) is 4.79. The van der Waals surface area contributed by atoms with Gasteiger partial charge >= 0.3 is 12.0 Å². The number of nitrogens with zero attached hydrogens (tertiary/aromatic N) is 2. The molecule has 0 fully saturated rings. The number of amides is 2. The van der Waals surface area contributed by atoms with Crippen LogP contribution in [0.25, 0.3) is 0 Å². The number of hydrogen-bond acceptors (Lipinski definition) is 4. The van der Waals surface area contributed by atoms with Crippen LogP contribution in [0.15, 0.2) is 24.3 Å². The summed E-state index contributed by atoms with van der Waals surface area (Å²) >= 11 is 0. The van der Waals surface area contributed by atoms with Crippen molar-refractivity contribution in [3.8, 4) is 6.07 Å². The molecule has 1 aromatic rings. The second kappa shape index (κ2) is 9.40. The van der Waals surface area contributed by atoms with Gasteiger partial charge in [-0.25, -0.2) is 9.59 Å². The normalized spacial score (nSPS) is 9.68. The third-order valence-electron chi connectivity index (χ3n) is 3.03. The number of esters is 1. The Hall–Kier alpha value is -2.55. The molecule has 0 heterocycles. The highest BCUT2D eigenvalue weighted by Gasteiger charge is 2.15. The van der Waals surface area contributed by atoms with Crippen molar-refractivity contribution in [3.05, 3.63) is 29.8 Å². The van der Waals surface area contributed by atoms with Crippen LogP contribution in [0.3, 0.4) is 0 Å². The van der Waals surface area contributed by atoms with Crippen LogP contribution in [0.5, 0.6) is 0 Å². The molecule has 1 rings (SSSR count). The van der Waals surface area contributed by atoms with E-state index in [1.54, 1.807) is 31.3 Å². The Balaban J connectivity index is 2.73. The molecule has 0 unspecified atom stereocenters. The van der Waals surface area contributed by atoms with Gasteiger partial charge < -0.3 is 15.0 Å². The molecule has 1 aromatic carbocycles. The number of hydrogen-bond donors (Lipinski definition) is 1. The number of benzene rings is 1. The van der Waals surface area contributed by atoms with E-state index in [2.05, 4.69) is 5.32 Å². The van der Waals surface area contributed by atoms with Gasteiger partial charge in [0.25, 0.3) is 0 Å². The lowest BCUT2D eigenvalue weighted by atomic mass is 10.2. The molecule has 0 saturated heterocycles. The first-order chi connectivity index (χ1) is 10.6. The Kier molecular flexibility index (Phi) is 7.48. The predicted octanol–water partition coefficient (Wildman–Crippen LogP) is 3.02. The zero-order valence-corrected chi connectivity index (χ0v) is 13.0. The summed E-state index contributed by atoms with van der Waals surface area (Å²) in [6.45, 7) is 2.70. The number of anilines is 1. The smallest absolute Gasteiger partial charge is 0.340 e. The fraction of sp³-hybridized carbons (Fsp3) is 0.438. The largest absolute Gasteiger partial charge is 0.462 e. The average molecular weight is 303 g/mol. The van der Waals surface area contributed by atoms with E-state index in [4.69, 9.17) is 10.00 Å². The number of nitrogens with one attached hydrogen (secondary N) is 1. The van der Waals surface area contributed by atoms with Gasteiger partial charge in [-0.1, -0.05) is 25.5 Å². The average Bonchev–Trinajstić information content (AvgIpc) is 2.53. The summed E-state index contributed by atoms with van der Waals surface area (Å²) < 4.78 is 5.17. The molecule has 0 aliphatic heterocycles. The van der Waals surface area contributed by atoms with Crippen LogP contribution in [0.1, 0.15) is 36.5 Å². The number of urea groups is 1. The zero-order chi connectivity index (χ0) is 16.4. The van der Waals surface area contributed by atoms with E-state index in [0.29, 0.717) is 24.4 Å². The first-order valence-corrected chi connectivity index (χ1v) is 7.25. The fourth-order valence-corrected chi connectivity index (χ4v) is 1.69. The lowest BCUT2D eigenvalue weighted by molar-refractivity contribution is 0.0501. The summed E-state index contributed by atoms with van der Waals surface area (Å²) in [5.74, 6) is -0.455. The minimum absolute atomic E-state index is 0.255. The fourth-order valence-electron chi connectivity index (χ4n) is 1.69. The molecular weight excluding hydrogens is 282 g/mol. The lowest BCUT2D eigenvalue weighted by Gasteiger charge is -2.17. The van der Waals surface area contributed by atoms with Crippen molar-refractivity contribution in [1.29, 1.82) is 5.26 Å². The minimum atomic E-state index is -0.455. The lowest BCUT2D eigenvalue weighted by Crippen LogP contribution is -2.32. The number of unbranched alkanes of at least 4 members (excludes halogenated alkanes) is 1. The minimum Gasteiger partial charge on any atom is -0.462 e. The van der Waals surface area contributed by atoms with Gasteiger partial charge in [-0.05, 0) is 18.6 Å². The molecule has 0 saturated carbocycles. The standard InChI is InChI=1S/C16H21N3O3/c1-3-4-12-22-15(20)13-8-5-6-9-14(13)18-16(21)19(2)11-7-10-17/h5-6,8-9H,3-4,7,11-12H2,1-2H3,(H,18,21). The SMILES string of the molecule is CCCCOC(=O)c1ccccc1NC(=O)N(C)CCC#N. The van der Waals surface area contributed by atoms with Gasteiger partial charge in [0.2, 0.25) is 0 Å². The highest BCUT2D eigenvalue weighted by molar-refractivity contribution is 6.00. The Morgan fingerprint density at radius 1 is 1.36 bits per heavy atom. The number of ether oxygens (including phenoxy) is 1. The summed E-state index contributed by atoms with van der Waals surface area (Å²) in [5, 5.41) is 11.2. The van der Waals surface area contributed by atoms with Gasteiger partial charge in [0.15, 0.2) is 0 Å². The Morgan fingerprint density at radius 3 is 2.77 bits per heavy atom. The first kappa shape index (κ1) is 17.5. The summed E-state index contributed by atoms with van der Waals surface area (Å²) in [5.41, 5.74) is 0.721. The third-order valence-corrected chi connectivity index (χ3v) is 3.03. The van der Waals surface area contributed by atoms with E-state index in [1.165, 1.54) is 4.90 Å². The molecule has 6 nitrogen and oxygen atoms in total. The maximum atomic E-state index is 12.0. The van der Waals surface area contributed by atoms with Crippen molar-refractivity contribution in [2.75, 3.05) is 25.5 Å². The van der Waals surface area contributed by atoms with Crippen LogP contribution in [-0.4, -0.2) is 37.1 Å². The molecule has 6 heteroatoms. The highest BCUT2D eigenvalue weighted by atomic mass is 16.5. The van der Waals surface area contributed by atoms with Crippen molar-refractivity contribution in [3.63, 3.8) is 0 Å². The maximum Gasteiger partial charge on any atom is 0.340 e. The topological polar surface area (TPSA) is 82.4 Å². The Morgan fingerprint density at radius 2 is 2.09 bits per heavy atom. The van der Waals surface area contributed by atoms with E-state index < -0.39 is 5.97 Å². The van der Waals surface area contributed by atoms with Crippen molar-refractivity contribution in [1.82, 2.24) is 4.90 Å². The van der Waals surface area contributed by atoms with Crippen LogP contribution >= 0.6 is 0 Å². The molecule has 0 aliphatic rings. The van der Waals surface area contributed by atoms with Crippen molar-refractivity contribution < 1.29 is 14.3 Å². The number of para-hydroxylation sites is 1. The molecule has 118 valence electrons. The molecule has 0 aromatic heterocycles. The van der Waals surface area contributed by atoms with Crippen LogP contribution in [0.2, 0.25) is 0 Å². The zero-order valence-electron chi connectivity index (χ0n) is 13.0. The molecular formula is C16H21N3O3. The molecule has 0 spiro atoms. The van der Waals surface area contributed by atoms with Gasteiger partial charge in [-0.2, -0.15) is 5.26 Å². The van der Waals surface area contributed by atoms with E-state index in [0.717, 1.165) is 12.8 Å². The summed E-state index contributed by atoms with van der Waals surface area (Å²) in [6.07, 6.45) is 2.00. The quantitative estimate of drug-likeness (QED) is 0.620. The van der Waals surface area contributed by atoms with Gasteiger partial charge in [0, 0.05) is 13.6 Å². The molecule has 0 bridgehead atoms. The number of carbonyl (C=O) groups is 2. The number of rotatable bonds is 7. The Labute approximate surface area is 130 Å². The van der Waals surface area contributed by atoms with E-state index in [-0.39, 0.29) is 12.5 Å². The number of carbonyl (C=O) groups excluding carboxylic acids is 2. The van der Waals surface area contributed by atoms with Crippen molar-refractivity contribution in [2.24, 2.45) is 0 Å². The second-order valence-electron chi connectivity index (χ2n) is 4.79. The van der Waals surface area contributed by atoms with Crippen molar-refractivity contribution in [2.45, 2.75) is 26.2 Å². The summed E-state index contributed by atoms with van der Waals surface area (Å²) in [4.78, 5) is 25.4. The van der Waals surface area contributed by atoms with Gasteiger partial charge in [0.05, 0.1) is 30.3 Å². The van der Waals surface area contributed by atoms with Crippen molar-refractivity contribution >= 4 is 17.7 Å². The summed E-state index contributed by atoms with van der Waals surface area (Å²) in [7, 11) is 1.59. The van der Waals surface area contributed by atoms with Gasteiger partial charge in [0.1, 0.15) is 0 Å². The van der Waals surface area contributed by atoms with Crippen LogP contribution in [-0.2, 0) is 4.74 Å². The molecule has 0 radical (unpaired) electrons. The van der Waals surface area contributed by atoms with Crippen LogP contribution in [0.4, 0.5) is 10.5 Å². The Bertz CT molecular complexity index is 552. The highest BCUT2D eigenvalue weighted by Crippen LogP contribution is 2.17. The molecule has 1 N–H and O–H groups in total. The first-order valence-electron chi connectivity index (χ1n) is 7.25. The van der Waals surface area contributed by atoms with E-state index in [9.17, 15) is 9.59 Å². The maximum absolute atomic E-state index is 12.0. The predicted molar refractivity (Wildman–Crippen MR) is 83.5 cm³/mol. The number of nitriles is 1. The van der Waals surface area contributed by atoms with E-state index in [1.807, 2.05) is 13.0 Å². The molecule has 22 heavy (non-hydrogen) atoms. The molecule has 0 atom stereocenters. The van der Waals surface area contributed by atoms with Crippen LogP contribution in [0, 0.1) is 11.3 Å².